The predicted molar refractivity (Wildman–Crippen MR) is 89.8 cm³/mol. The molecule has 2 aromatic rings. The van der Waals surface area contributed by atoms with Gasteiger partial charge < -0.3 is 14.0 Å². The van der Waals surface area contributed by atoms with E-state index in [4.69, 9.17) is 9.47 Å². The highest BCUT2D eigenvalue weighted by atomic mass is 32.2. The molecule has 0 aliphatic rings. The van der Waals surface area contributed by atoms with Crippen LogP contribution in [0.2, 0.25) is 0 Å². The Bertz CT molecular complexity index is 753. The van der Waals surface area contributed by atoms with E-state index >= 15 is 0 Å². The molecular weight excluding hydrogens is 328 g/mol. The highest BCUT2D eigenvalue weighted by molar-refractivity contribution is 7.85. The first-order valence-corrected chi connectivity index (χ1v) is 9.16. The van der Waals surface area contributed by atoms with E-state index < -0.39 is 10.1 Å². The van der Waals surface area contributed by atoms with Gasteiger partial charge in [0.15, 0.2) is 6.79 Å². The maximum absolute atomic E-state index is 10.9. The fourth-order valence-electron chi connectivity index (χ4n) is 2.17. The molecule has 0 amide bonds. The van der Waals surface area contributed by atoms with Gasteiger partial charge in [0.05, 0.1) is 11.5 Å². The van der Waals surface area contributed by atoms with Crippen molar-refractivity contribution in [1.82, 2.24) is 0 Å². The summed E-state index contributed by atoms with van der Waals surface area (Å²) in [5, 5.41) is 0. The Morgan fingerprint density at radius 2 is 1.83 bits per heavy atom. The van der Waals surface area contributed by atoms with Gasteiger partial charge >= 0.3 is 0 Å². The van der Waals surface area contributed by atoms with Gasteiger partial charge in [-0.3, -0.25) is 0 Å². The van der Waals surface area contributed by atoms with E-state index in [2.05, 4.69) is 19.9 Å². The average Bonchev–Trinajstić information content (AvgIpc) is 2.58. The SMILES string of the molecule is CCC(C)c1cccc(OCOCc2ccc(S(=O)(=O)[O-])cc2)c1. The van der Waals surface area contributed by atoms with Crippen molar-refractivity contribution in [3.63, 3.8) is 0 Å². The van der Waals surface area contributed by atoms with Gasteiger partial charge in [0, 0.05) is 0 Å². The molecule has 0 saturated carbocycles. The molecule has 1 unspecified atom stereocenters. The molecule has 130 valence electrons. The van der Waals surface area contributed by atoms with Crippen LogP contribution in [0, 0.1) is 0 Å². The first kappa shape index (κ1) is 18.4. The molecule has 0 bridgehead atoms. The Morgan fingerprint density at radius 3 is 2.46 bits per heavy atom. The van der Waals surface area contributed by atoms with Crippen LogP contribution < -0.4 is 4.74 Å². The fraction of sp³-hybridized carbons (Fsp3) is 0.333. The van der Waals surface area contributed by atoms with Gasteiger partial charge in [0.25, 0.3) is 0 Å². The van der Waals surface area contributed by atoms with Gasteiger partial charge in [-0.05, 0) is 47.7 Å². The van der Waals surface area contributed by atoms with Gasteiger partial charge in [-0.1, -0.05) is 38.1 Å². The largest absolute Gasteiger partial charge is 0.744 e. The number of hydrogen-bond acceptors (Lipinski definition) is 5. The number of benzene rings is 2. The van der Waals surface area contributed by atoms with Crippen LogP contribution >= 0.6 is 0 Å². The van der Waals surface area contributed by atoms with Gasteiger partial charge in [0.1, 0.15) is 15.9 Å². The molecule has 6 heteroatoms. The van der Waals surface area contributed by atoms with Gasteiger partial charge in [0.2, 0.25) is 0 Å². The molecular formula is C18H21O5S-. The third-order valence-electron chi connectivity index (χ3n) is 3.83. The lowest BCUT2D eigenvalue weighted by Crippen LogP contribution is -2.04. The smallest absolute Gasteiger partial charge is 0.189 e. The van der Waals surface area contributed by atoms with Crippen LogP contribution in [-0.2, 0) is 21.5 Å². The Kier molecular flexibility index (Phi) is 6.36. The topological polar surface area (TPSA) is 75.7 Å². The van der Waals surface area contributed by atoms with E-state index in [0.29, 0.717) is 5.92 Å². The van der Waals surface area contributed by atoms with E-state index in [1.165, 1.54) is 17.7 Å². The molecule has 0 aliphatic heterocycles. The number of ether oxygens (including phenoxy) is 2. The zero-order chi connectivity index (χ0) is 17.6. The van der Waals surface area contributed by atoms with Crippen molar-refractivity contribution in [1.29, 1.82) is 0 Å². The van der Waals surface area contributed by atoms with Crippen molar-refractivity contribution in [2.45, 2.75) is 37.7 Å². The molecule has 1 atom stereocenters. The normalized spacial score (nSPS) is 12.8. The minimum Gasteiger partial charge on any atom is -0.744 e. The summed E-state index contributed by atoms with van der Waals surface area (Å²) in [5.41, 5.74) is 1.99. The van der Waals surface area contributed by atoms with Gasteiger partial charge in [-0.15, -0.1) is 0 Å². The Balaban J connectivity index is 1.83. The van der Waals surface area contributed by atoms with Crippen LogP contribution in [0.3, 0.4) is 0 Å². The molecule has 5 nitrogen and oxygen atoms in total. The second-order valence-electron chi connectivity index (χ2n) is 5.59. The molecule has 0 aromatic heterocycles. The van der Waals surface area contributed by atoms with Crippen LogP contribution in [0.25, 0.3) is 0 Å². The van der Waals surface area contributed by atoms with E-state index in [1.807, 2.05) is 18.2 Å². The molecule has 0 heterocycles. The monoisotopic (exact) mass is 349 g/mol. The molecule has 0 N–H and O–H groups in total. The van der Waals surface area contributed by atoms with Crippen LogP contribution in [-0.4, -0.2) is 19.8 Å². The van der Waals surface area contributed by atoms with Crippen molar-refractivity contribution in [3.05, 3.63) is 59.7 Å². The molecule has 0 aliphatic carbocycles. The van der Waals surface area contributed by atoms with Crippen LogP contribution in [0.4, 0.5) is 0 Å². The summed E-state index contributed by atoms with van der Waals surface area (Å²) in [5.74, 6) is 1.23. The van der Waals surface area contributed by atoms with E-state index in [0.717, 1.165) is 17.7 Å². The maximum Gasteiger partial charge on any atom is 0.189 e. The zero-order valence-electron chi connectivity index (χ0n) is 13.8. The van der Waals surface area contributed by atoms with Gasteiger partial charge in [-0.2, -0.15) is 0 Å². The molecule has 0 radical (unpaired) electrons. The van der Waals surface area contributed by atoms with Crippen molar-refractivity contribution >= 4 is 10.1 Å². The average molecular weight is 349 g/mol. The molecule has 0 spiro atoms. The van der Waals surface area contributed by atoms with Crippen LogP contribution in [0.15, 0.2) is 53.4 Å². The minimum atomic E-state index is -4.41. The van der Waals surface area contributed by atoms with E-state index in [-0.39, 0.29) is 18.3 Å². The maximum atomic E-state index is 10.9. The van der Waals surface area contributed by atoms with Crippen molar-refractivity contribution in [2.24, 2.45) is 0 Å². The molecule has 0 fully saturated rings. The van der Waals surface area contributed by atoms with Crippen molar-refractivity contribution in [3.8, 4) is 5.75 Å². The highest BCUT2D eigenvalue weighted by Gasteiger charge is 2.04. The van der Waals surface area contributed by atoms with Crippen molar-refractivity contribution < 1.29 is 22.4 Å². The Morgan fingerprint density at radius 1 is 1.12 bits per heavy atom. The molecule has 2 aromatic carbocycles. The first-order chi connectivity index (χ1) is 11.4. The Hall–Kier alpha value is -1.89. The molecule has 24 heavy (non-hydrogen) atoms. The third-order valence-corrected chi connectivity index (χ3v) is 4.68. The summed E-state index contributed by atoms with van der Waals surface area (Å²) in [4.78, 5) is -0.246. The summed E-state index contributed by atoms with van der Waals surface area (Å²) in [6.07, 6.45) is 1.06. The van der Waals surface area contributed by atoms with Gasteiger partial charge in [-0.25, -0.2) is 8.42 Å². The second-order valence-corrected chi connectivity index (χ2v) is 6.97. The summed E-state index contributed by atoms with van der Waals surface area (Å²) in [6.45, 7) is 4.67. The third kappa shape index (κ3) is 5.33. The lowest BCUT2D eigenvalue weighted by Gasteiger charge is -2.12. The first-order valence-electron chi connectivity index (χ1n) is 7.75. The minimum absolute atomic E-state index is 0.0889. The van der Waals surface area contributed by atoms with E-state index in [9.17, 15) is 13.0 Å². The lowest BCUT2D eigenvalue weighted by molar-refractivity contribution is 0.00498. The van der Waals surface area contributed by atoms with Crippen molar-refractivity contribution in [2.75, 3.05) is 6.79 Å². The van der Waals surface area contributed by atoms with E-state index in [1.54, 1.807) is 12.1 Å². The predicted octanol–water partition coefficient (Wildman–Crippen LogP) is 3.66. The number of hydrogen-bond donors (Lipinski definition) is 0. The molecule has 2 rings (SSSR count). The fourth-order valence-corrected chi connectivity index (χ4v) is 2.64. The Labute approximate surface area is 143 Å². The van der Waals surface area contributed by atoms with Crippen LogP contribution in [0.1, 0.15) is 37.3 Å². The summed E-state index contributed by atoms with van der Waals surface area (Å²) in [7, 11) is -4.41. The zero-order valence-corrected chi connectivity index (χ0v) is 14.6. The molecule has 0 saturated heterocycles. The van der Waals surface area contributed by atoms with Crippen LogP contribution in [0.5, 0.6) is 5.75 Å². The quantitative estimate of drug-likeness (QED) is 0.413. The summed E-state index contributed by atoms with van der Waals surface area (Å²) >= 11 is 0. The summed E-state index contributed by atoms with van der Waals surface area (Å²) in [6, 6.07) is 13.6. The highest BCUT2D eigenvalue weighted by Crippen LogP contribution is 2.23. The second kappa shape index (κ2) is 8.28. The lowest BCUT2D eigenvalue weighted by atomic mass is 9.99. The number of rotatable bonds is 8. The standard InChI is InChI=1S/C18H22O5S/c1-3-14(2)16-5-4-6-17(11-16)23-13-22-12-15-7-9-18(10-8-15)24(19,20)21/h4-11,14H,3,12-13H2,1-2H3,(H,19,20,21)/p-1. The summed E-state index contributed by atoms with van der Waals surface area (Å²) < 4.78 is 43.6.